The molecular weight excluding hydrogens is 655 g/mol. The van der Waals surface area contributed by atoms with Crippen molar-refractivity contribution in [1.82, 2.24) is 0 Å². The Morgan fingerprint density at radius 3 is 1.25 bits per heavy atom. The zero-order valence-corrected chi connectivity index (χ0v) is 33.7. The zero-order valence-electron chi connectivity index (χ0n) is 32.7. The fourth-order valence-corrected chi connectivity index (χ4v) is 9.85. The largest absolute Gasteiger partial charge is 0.311 e. The van der Waals surface area contributed by atoms with Gasteiger partial charge in [-0.3, -0.25) is 0 Å². The maximum absolute atomic E-state index is 2.61. The molecule has 0 fully saturated rings. The Labute approximate surface area is 317 Å². The first kappa shape index (κ1) is 33.8. The van der Waals surface area contributed by atoms with Gasteiger partial charge in [0.05, 0.1) is 8.07 Å². The van der Waals surface area contributed by atoms with E-state index in [9.17, 15) is 0 Å². The summed E-state index contributed by atoms with van der Waals surface area (Å²) in [4.78, 5) is 5.21. The molecule has 0 bridgehead atoms. The lowest BCUT2D eigenvalue weighted by atomic mass is 9.33. The average molecular weight is 705 g/mol. The molecule has 2 aliphatic rings. The summed E-state index contributed by atoms with van der Waals surface area (Å²) in [6, 6.07) is 51.3. The molecule has 2 nitrogen and oxygen atoms in total. The maximum atomic E-state index is 2.61. The zero-order chi connectivity index (χ0) is 37.0. The summed E-state index contributed by atoms with van der Waals surface area (Å²) in [6.07, 6.45) is 0. The van der Waals surface area contributed by atoms with Crippen LogP contribution in [0.2, 0.25) is 19.6 Å². The van der Waals surface area contributed by atoms with E-state index in [0.717, 1.165) is 0 Å². The molecule has 0 saturated carbocycles. The van der Waals surface area contributed by atoms with Crippen LogP contribution in [-0.2, 0) is 10.8 Å². The molecule has 0 radical (unpaired) electrons. The molecule has 0 aromatic heterocycles. The summed E-state index contributed by atoms with van der Waals surface area (Å²) in [7, 11) is -1.81. The molecule has 2 aliphatic heterocycles. The van der Waals surface area contributed by atoms with Gasteiger partial charge in [0.1, 0.15) is 0 Å². The van der Waals surface area contributed by atoms with Gasteiger partial charge < -0.3 is 9.80 Å². The van der Waals surface area contributed by atoms with E-state index in [4.69, 9.17) is 0 Å². The summed E-state index contributed by atoms with van der Waals surface area (Å²) in [6.45, 7) is 21.3. The summed E-state index contributed by atoms with van der Waals surface area (Å²) >= 11 is 0. The summed E-state index contributed by atoms with van der Waals surface area (Å²) in [5.74, 6) is 0. The van der Waals surface area contributed by atoms with Crippen molar-refractivity contribution in [2.75, 3.05) is 9.80 Å². The minimum atomic E-state index is -1.81. The highest BCUT2D eigenvalue weighted by Crippen LogP contribution is 2.47. The first-order chi connectivity index (χ1) is 25.2. The second-order valence-electron chi connectivity index (χ2n) is 18.3. The molecule has 0 aliphatic carbocycles. The Morgan fingerprint density at radius 1 is 0.472 bits per heavy atom. The predicted octanol–water partition coefficient (Wildman–Crippen LogP) is 11.2. The van der Waals surface area contributed by atoms with Gasteiger partial charge in [0.25, 0.3) is 6.71 Å². The number of nitrogens with zero attached hydrogens (tertiary/aromatic N) is 2. The first-order valence-corrected chi connectivity index (χ1v) is 22.7. The maximum Gasteiger partial charge on any atom is 0.252 e. The second kappa shape index (κ2) is 11.7. The molecule has 0 amide bonds. The van der Waals surface area contributed by atoms with Gasteiger partial charge in [0.2, 0.25) is 0 Å². The van der Waals surface area contributed by atoms with E-state index < -0.39 is 8.07 Å². The van der Waals surface area contributed by atoms with Gasteiger partial charge in [-0.05, 0) is 85.5 Å². The Balaban J connectivity index is 1.43. The molecular formula is C49H49BN2Si. The molecule has 0 spiro atoms. The van der Waals surface area contributed by atoms with Crippen molar-refractivity contribution >= 4 is 92.0 Å². The lowest BCUT2D eigenvalue weighted by Gasteiger charge is -2.45. The molecule has 0 unspecified atom stereocenters. The van der Waals surface area contributed by atoms with E-state index >= 15 is 0 Å². The normalized spacial score (nSPS) is 14.0. The average Bonchev–Trinajstić information content (AvgIpc) is 3.13. The van der Waals surface area contributed by atoms with Crippen LogP contribution < -0.4 is 31.4 Å². The van der Waals surface area contributed by atoms with Gasteiger partial charge in [-0.2, -0.15) is 0 Å². The third-order valence-corrected chi connectivity index (χ3v) is 13.7. The topological polar surface area (TPSA) is 6.48 Å². The van der Waals surface area contributed by atoms with Gasteiger partial charge in [0, 0.05) is 44.9 Å². The SMILES string of the molecule is CC(C)(C)c1ccc(N2c3cc([Si](C)(C)C)cc4c3B(c3ccc5ccccc5c32)c2ccc3ccccc3c2N4c2ccc(C(C)(C)C)cc2)cc1. The van der Waals surface area contributed by atoms with Gasteiger partial charge in [0.15, 0.2) is 0 Å². The van der Waals surface area contributed by atoms with Crippen molar-refractivity contribution in [2.24, 2.45) is 0 Å². The minimum Gasteiger partial charge on any atom is -0.311 e. The van der Waals surface area contributed by atoms with E-state index in [2.05, 4.69) is 204 Å². The molecule has 2 heterocycles. The molecule has 0 atom stereocenters. The number of benzene rings is 7. The molecule has 0 N–H and O–H groups in total. The van der Waals surface area contributed by atoms with Crippen LogP contribution >= 0.6 is 0 Å². The van der Waals surface area contributed by atoms with Crippen molar-refractivity contribution < 1.29 is 0 Å². The number of fused-ring (bicyclic) bond motifs is 8. The fourth-order valence-electron chi connectivity index (χ4n) is 8.71. The van der Waals surface area contributed by atoms with Crippen molar-refractivity contribution in [3.8, 4) is 0 Å². The first-order valence-electron chi connectivity index (χ1n) is 19.2. The molecule has 53 heavy (non-hydrogen) atoms. The molecule has 9 rings (SSSR count). The van der Waals surface area contributed by atoms with E-state index in [1.807, 2.05) is 0 Å². The van der Waals surface area contributed by atoms with E-state index in [-0.39, 0.29) is 17.5 Å². The van der Waals surface area contributed by atoms with Crippen molar-refractivity contribution in [2.45, 2.75) is 72.0 Å². The van der Waals surface area contributed by atoms with E-state index in [0.29, 0.717) is 0 Å². The fraction of sp³-hybridized carbons (Fsp3) is 0.224. The quantitative estimate of drug-likeness (QED) is 0.169. The Kier molecular flexibility index (Phi) is 7.47. The third-order valence-electron chi connectivity index (χ3n) is 11.7. The highest BCUT2D eigenvalue weighted by molar-refractivity contribution is 7.01. The monoisotopic (exact) mass is 704 g/mol. The van der Waals surface area contributed by atoms with Crippen LogP contribution in [-0.4, -0.2) is 14.8 Å². The van der Waals surface area contributed by atoms with Gasteiger partial charge in [-0.1, -0.05) is 163 Å². The Bertz CT molecular complexity index is 2400. The van der Waals surface area contributed by atoms with Crippen LogP contribution in [0.4, 0.5) is 34.1 Å². The highest BCUT2D eigenvalue weighted by Gasteiger charge is 2.45. The number of hydrogen-bond donors (Lipinski definition) is 0. The van der Waals surface area contributed by atoms with Gasteiger partial charge in [-0.15, -0.1) is 0 Å². The van der Waals surface area contributed by atoms with Crippen LogP contribution in [0.5, 0.6) is 0 Å². The van der Waals surface area contributed by atoms with Crippen LogP contribution in [0.15, 0.2) is 133 Å². The van der Waals surface area contributed by atoms with E-state index in [1.54, 1.807) is 0 Å². The summed E-state index contributed by atoms with van der Waals surface area (Å²) < 4.78 is 0. The Morgan fingerprint density at radius 2 is 0.868 bits per heavy atom. The van der Waals surface area contributed by atoms with Gasteiger partial charge in [-0.25, -0.2) is 0 Å². The number of rotatable bonds is 3. The van der Waals surface area contributed by atoms with Crippen LogP contribution in [0.25, 0.3) is 21.5 Å². The molecule has 7 aromatic rings. The lowest BCUT2D eigenvalue weighted by molar-refractivity contribution is 0.590. The second-order valence-corrected chi connectivity index (χ2v) is 23.4. The van der Waals surface area contributed by atoms with Gasteiger partial charge >= 0.3 is 0 Å². The summed E-state index contributed by atoms with van der Waals surface area (Å²) in [5, 5.41) is 6.58. The standard InChI is InChI=1S/C49H49BN2Si/c1-48(2,3)34-20-24-36(25-21-34)51-43-30-38(53(7,8)9)31-44-45(43)50(41-28-18-32-14-10-12-16-39(32)46(41)51)42-29-19-33-15-11-13-17-40(33)47(42)52(44)37-26-22-35(23-27-37)49(4,5)6/h10-31H,1-9H3. The Hall–Kier alpha value is -5.06. The van der Waals surface area contributed by atoms with Crippen LogP contribution in [0.3, 0.4) is 0 Å². The number of anilines is 6. The molecule has 7 aromatic carbocycles. The van der Waals surface area contributed by atoms with E-state index in [1.165, 1.54) is 88.4 Å². The van der Waals surface area contributed by atoms with Crippen LogP contribution in [0, 0.1) is 0 Å². The predicted molar refractivity (Wildman–Crippen MR) is 236 cm³/mol. The molecule has 262 valence electrons. The summed E-state index contributed by atoms with van der Waals surface area (Å²) in [5.41, 5.74) is 14.5. The van der Waals surface area contributed by atoms with Crippen molar-refractivity contribution in [1.29, 1.82) is 0 Å². The third kappa shape index (κ3) is 5.36. The van der Waals surface area contributed by atoms with Crippen molar-refractivity contribution in [3.05, 3.63) is 145 Å². The van der Waals surface area contributed by atoms with Crippen molar-refractivity contribution in [3.63, 3.8) is 0 Å². The number of hydrogen-bond acceptors (Lipinski definition) is 2. The highest BCUT2D eigenvalue weighted by atomic mass is 28.3. The molecule has 4 heteroatoms. The minimum absolute atomic E-state index is 0.0720. The smallest absolute Gasteiger partial charge is 0.252 e. The van der Waals surface area contributed by atoms with Crippen LogP contribution in [0.1, 0.15) is 52.7 Å². The lowest BCUT2D eigenvalue weighted by Crippen LogP contribution is -2.62. The molecule has 0 saturated heterocycles.